The number of para-hydroxylation sites is 2. The minimum absolute atomic E-state index is 0.0316. The smallest absolute Gasteiger partial charge is 0.135 e. The molecule has 0 aliphatic heterocycles. The van der Waals surface area contributed by atoms with Crippen LogP contribution >= 0.6 is 0 Å². The van der Waals surface area contributed by atoms with E-state index in [9.17, 15) is 0 Å². The standard InChI is InChI=1S/C58H53NO/c1-55(2)29-30-56(3,4)51-35-49-44(34-50(51)55)42-25-22-38(33-48(42)58(49)27-13-14-28-58)59(37-23-26-54-45(32-37)43-17-9-12-20-53(43)60-54)52-19-11-8-15-39(52)36-21-24-41-40-16-7-10-18-46(40)57(5,6)47(41)31-36/h7-12,15-26,31-35H,13-14,27-30H2,1-6H3. The van der Waals surface area contributed by atoms with Gasteiger partial charge in [-0.1, -0.05) is 139 Å². The maximum Gasteiger partial charge on any atom is 0.135 e. The first-order valence-corrected chi connectivity index (χ1v) is 22.3. The van der Waals surface area contributed by atoms with Gasteiger partial charge in [0.05, 0.1) is 5.69 Å². The van der Waals surface area contributed by atoms with Gasteiger partial charge in [0.1, 0.15) is 11.2 Å². The van der Waals surface area contributed by atoms with Gasteiger partial charge >= 0.3 is 0 Å². The molecule has 1 fully saturated rings. The molecule has 12 rings (SSSR count). The summed E-state index contributed by atoms with van der Waals surface area (Å²) in [5.74, 6) is 0. The fourth-order valence-electron chi connectivity index (χ4n) is 12.3. The van der Waals surface area contributed by atoms with Crippen LogP contribution in [0.2, 0.25) is 0 Å². The Labute approximate surface area is 354 Å². The highest BCUT2D eigenvalue weighted by Gasteiger charge is 2.48. The van der Waals surface area contributed by atoms with Crippen molar-refractivity contribution in [2.75, 3.05) is 4.90 Å². The van der Waals surface area contributed by atoms with Crippen molar-refractivity contribution in [1.82, 2.24) is 0 Å². The minimum atomic E-state index is -0.0851. The second-order valence-corrected chi connectivity index (χ2v) is 20.3. The molecule has 0 atom stereocenters. The highest BCUT2D eigenvalue weighted by Crippen LogP contribution is 2.61. The van der Waals surface area contributed by atoms with E-state index in [-0.39, 0.29) is 21.7 Å². The monoisotopic (exact) mass is 779 g/mol. The fourth-order valence-corrected chi connectivity index (χ4v) is 12.3. The number of benzene rings is 7. The summed E-state index contributed by atoms with van der Waals surface area (Å²) in [4.78, 5) is 2.53. The molecule has 1 heterocycles. The van der Waals surface area contributed by atoms with Gasteiger partial charge in [-0.25, -0.2) is 0 Å². The van der Waals surface area contributed by atoms with Crippen LogP contribution in [-0.2, 0) is 21.7 Å². The number of hydrogen-bond donors (Lipinski definition) is 0. The third kappa shape index (κ3) is 4.94. The molecule has 1 aromatic heterocycles. The Balaban J connectivity index is 1.08. The van der Waals surface area contributed by atoms with E-state index in [2.05, 4.69) is 186 Å². The van der Waals surface area contributed by atoms with Crippen LogP contribution in [-0.4, -0.2) is 0 Å². The summed E-state index contributed by atoms with van der Waals surface area (Å²) in [6, 6.07) is 53.2. The van der Waals surface area contributed by atoms with Crippen LogP contribution in [0.15, 0.2) is 144 Å². The van der Waals surface area contributed by atoms with Gasteiger partial charge in [0, 0.05) is 38.5 Å². The Bertz CT molecular complexity index is 3090. The Morgan fingerprint density at radius 3 is 1.83 bits per heavy atom. The molecule has 296 valence electrons. The number of fused-ring (bicyclic) bond motifs is 12. The van der Waals surface area contributed by atoms with E-state index in [1.54, 1.807) is 16.7 Å². The van der Waals surface area contributed by atoms with Crippen molar-refractivity contribution >= 4 is 39.0 Å². The van der Waals surface area contributed by atoms with Crippen molar-refractivity contribution in [3.05, 3.63) is 173 Å². The van der Waals surface area contributed by atoms with Crippen molar-refractivity contribution in [2.45, 2.75) is 102 Å². The molecule has 0 unspecified atom stereocenters. The average Bonchev–Trinajstić information content (AvgIpc) is 4.01. The Morgan fingerprint density at radius 2 is 1.02 bits per heavy atom. The lowest BCUT2D eigenvalue weighted by Gasteiger charge is -2.43. The summed E-state index contributed by atoms with van der Waals surface area (Å²) in [7, 11) is 0. The topological polar surface area (TPSA) is 16.4 Å². The zero-order valence-electron chi connectivity index (χ0n) is 35.9. The molecule has 0 amide bonds. The Morgan fingerprint density at radius 1 is 0.417 bits per heavy atom. The lowest BCUT2D eigenvalue weighted by Crippen LogP contribution is -2.34. The molecular weight excluding hydrogens is 727 g/mol. The van der Waals surface area contributed by atoms with Crippen molar-refractivity contribution in [3.63, 3.8) is 0 Å². The van der Waals surface area contributed by atoms with Gasteiger partial charge in [0.15, 0.2) is 0 Å². The van der Waals surface area contributed by atoms with Gasteiger partial charge in [0.25, 0.3) is 0 Å². The molecular formula is C58H53NO. The predicted octanol–water partition coefficient (Wildman–Crippen LogP) is 16.2. The summed E-state index contributed by atoms with van der Waals surface area (Å²) in [5.41, 5.74) is 22.7. The molecule has 0 N–H and O–H groups in total. The van der Waals surface area contributed by atoms with Crippen molar-refractivity contribution in [1.29, 1.82) is 0 Å². The maximum absolute atomic E-state index is 6.39. The van der Waals surface area contributed by atoms with Crippen LogP contribution in [0.4, 0.5) is 17.1 Å². The van der Waals surface area contributed by atoms with Crippen molar-refractivity contribution in [2.24, 2.45) is 0 Å². The zero-order chi connectivity index (χ0) is 40.8. The van der Waals surface area contributed by atoms with Gasteiger partial charge in [-0.15, -0.1) is 0 Å². The molecule has 4 aliphatic carbocycles. The summed E-state index contributed by atoms with van der Waals surface area (Å²) < 4.78 is 6.39. The first-order chi connectivity index (χ1) is 28.9. The summed E-state index contributed by atoms with van der Waals surface area (Å²) in [6.45, 7) is 14.6. The number of rotatable bonds is 4. The molecule has 0 radical (unpaired) electrons. The van der Waals surface area contributed by atoms with E-state index in [0.29, 0.717) is 0 Å². The molecule has 0 saturated heterocycles. The normalized spacial score (nSPS) is 18.3. The predicted molar refractivity (Wildman–Crippen MR) is 251 cm³/mol. The molecule has 1 spiro atoms. The average molecular weight is 780 g/mol. The number of furan rings is 1. The molecule has 7 aromatic carbocycles. The number of nitrogens with zero attached hydrogens (tertiary/aromatic N) is 1. The maximum atomic E-state index is 6.39. The van der Waals surface area contributed by atoms with Gasteiger partial charge in [0.2, 0.25) is 0 Å². The molecule has 2 nitrogen and oxygen atoms in total. The fraction of sp³-hybridized carbons (Fsp3) is 0.276. The lowest BCUT2D eigenvalue weighted by atomic mass is 9.62. The van der Waals surface area contributed by atoms with Crippen LogP contribution in [0.1, 0.15) is 113 Å². The van der Waals surface area contributed by atoms with Crippen molar-refractivity contribution in [3.8, 4) is 33.4 Å². The first-order valence-electron chi connectivity index (χ1n) is 22.3. The van der Waals surface area contributed by atoms with Gasteiger partial charge in [-0.3, -0.25) is 0 Å². The van der Waals surface area contributed by atoms with Gasteiger partial charge in [-0.05, 0) is 152 Å². The van der Waals surface area contributed by atoms with E-state index in [1.807, 2.05) is 0 Å². The molecule has 0 bridgehead atoms. The van der Waals surface area contributed by atoms with Gasteiger partial charge in [-0.2, -0.15) is 0 Å². The SMILES string of the molecule is CC1(C)CCC(C)(C)c2cc3c(cc21)-c1ccc(N(c2ccc4oc5ccccc5c4c2)c2ccccc2-c2ccc4c(c2)C(C)(C)c2ccccc2-4)cc1C31CCCC1. The molecule has 8 aromatic rings. The largest absolute Gasteiger partial charge is 0.456 e. The first kappa shape index (κ1) is 36.0. The molecule has 1 saturated carbocycles. The number of anilines is 3. The third-order valence-electron chi connectivity index (χ3n) is 15.7. The van der Waals surface area contributed by atoms with E-state index in [1.165, 1.54) is 100.0 Å². The van der Waals surface area contributed by atoms with Crippen molar-refractivity contribution < 1.29 is 4.42 Å². The van der Waals surface area contributed by atoms with Crippen LogP contribution < -0.4 is 4.90 Å². The summed E-state index contributed by atoms with van der Waals surface area (Å²) in [5, 5.41) is 2.28. The summed E-state index contributed by atoms with van der Waals surface area (Å²) >= 11 is 0. The van der Waals surface area contributed by atoms with Crippen LogP contribution in [0.3, 0.4) is 0 Å². The van der Waals surface area contributed by atoms with E-state index in [0.717, 1.165) is 27.6 Å². The van der Waals surface area contributed by atoms with E-state index < -0.39 is 0 Å². The highest BCUT2D eigenvalue weighted by molar-refractivity contribution is 6.07. The molecule has 4 aliphatic rings. The second kappa shape index (κ2) is 12.4. The Hall–Kier alpha value is -5.86. The third-order valence-corrected chi connectivity index (χ3v) is 15.7. The Kier molecular flexibility index (Phi) is 7.42. The van der Waals surface area contributed by atoms with E-state index in [4.69, 9.17) is 4.42 Å². The highest BCUT2D eigenvalue weighted by atomic mass is 16.3. The van der Waals surface area contributed by atoms with Crippen LogP contribution in [0.5, 0.6) is 0 Å². The number of hydrogen-bond acceptors (Lipinski definition) is 2. The quantitative estimate of drug-likeness (QED) is 0.177. The van der Waals surface area contributed by atoms with Crippen LogP contribution in [0, 0.1) is 0 Å². The second-order valence-electron chi connectivity index (χ2n) is 20.3. The molecule has 2 heteroatoms. The zero-order valence-corrected chi connectivity index (χ0v) is 35.9. The van der Waals surface area contributed by atoms with Crippen LogP contribution in [0.25, 0.3) is 55.3 Å². The lowest BCUT2D eigenvalue weighted by molar-refractivity contribution is 0.331. The molecule has 60 heavy (non-hydrogen) atoms. The summed E-state index contributed by atoms with van der Waals surface area (Å²) in [6.07, 6.45) is 7.40. The van der Waals surface area contributed by atoms with Gasteiger partial charge < -0.3 is 9.32 Å². The van der Waals surface area contributed by atoms with E-state index >= 15 is 0 Å². The minimum Gasteiger partial charge on any atom is -0.456 e.